The van der Waals surface area contributed by atoms with Crippen LogP contribution in [0.5, 0.6) is 0 Å². The van der Waals surface area contributed by atoms with Gasteiger partial charge < -0.3 is 14.9 Å². The highest BCUT2D eigenvalue weighted by Gasteiger charge is 2.50. The molecule has 1 saturated carbocycles. The van der Waals surface area contributed by atoms with E-state index < -0.39 is 0 Å². The second kappa shape index (κ2) is 7.12. The smallest absolute Gasteiger partial charge is 0.230 e. The van der Waals surface area contributed by atoms with Gasteiger partial charge in [0.1, 0.15) is 5.82 Å². The fraction of sp³-hybridized carbons (Fsp3) is 0.700. The van der Waals surface area contributed by atoms with Gasteiger partial charge in [0, 0.05) is 31.9 Å². The number of anilines is 1. The van der Waals surface area contributed by atoms with Gasteiger partial charge in [0.15, 0.2) is 0 Å². The number of pyridine rings is 1. The molecule has 1 unspecified atom stereocenters. The normalized spacial score (nSPS) is 32.5. The Hall–Kier alpha value is -1.14. The van der Waals surface area contributed by atoms with Crippen molar-refractivity contribution in [3.63, 3.8) is 0 Å². The fourth-order valence-corrected chi connectivity index (χ4v) is 5.73. The predicted molar refractivity (Wildman–Crippen MR) is 105 cm³/mol. The second-order valence-corrected chi connectivity index (χ2v) is 9.19. The number of hydrogen-bond acceptors (Lipinski definition) is 4. The van der Waals surface area contributed by atoms with Gasteiger partial charge in [-0.2, -0.15) is 0 Å². The molecule has 1 aliphatic carbocycles. The van der Waals surface area contributed by atoms with E-state index in [2.05, 4.69) is 36.8 Å². The first-order chi connectivity index (χ1) is 12.5. The van der Waals surface area contributed by atoms with Crippen molar-refractivity contribution < 1.29 is 9.90 Å². The zero-order valence-electron chi connectivity index (χ0n) is 15.5. The van der Waals surface area contributed by atoms with Crippen LogP contribution in [0.15, 0.2) is 16.7 Å². The number of piperidine rings is 1. The average Bonchev–Trinajstić information content (AvgIpc) is 2.92. The molecule has 1 N–H and O–H groups in total. The maximum atomic E-state index is 13.4. The van der Waals surface area contributed by atoms with Crippen LogP contribution >= 0.6 is 15.9 Å². The van der Waals surface area contributed by atoms with Crippen LogP contribution in [0.4, 0.5) is 5.82 Å². The number of carbonyl (C=O) groups excluding carboxylic acids is 1. The Morgan fingerprint density at radius 1 is 1.23 bits per heavy atom. The summed E-state index contributed by atoms with van der Waals surface area (Å²) in [5, 5.41) is 9.76. The van der Waals surface area contributed by atoms with Crippen LogP contribution < -0.4 is 4.90 Å². The molecule has 26 heavy (non-hydrogen) atoms. The van der Waals surface area contributed by atoms with Crippen LogP contribution in [0.25, 0.3) is 0 Å². The lowest BCUT2D eigenvalue weighted by molar-refractivity contribution is -0.139. The van der Waals surface area contributed by atoms with E-state index in [1.54, 1.807) is 0 Å². The van der Waals surface area contributed by atoms with Gasteiger partial charge >= 0.3 is 0 Å². The maximum Gasteiger partial charge on any atom is 0.230 e. The van der Waals surface area contributed by atoms with E-state index in [0.29, 0.717) is 11.9 Å². The number of likely N-dealkylation sites (tertiary alicyclic amines) is 1. The van der Waals surface area contributed by atoms with Crippen molar-refractivity contribution in [2.75, 3.05) is 24.5 Å². The summed E-state index contributed by atoms with van der Waals surface area (Å²) in [6.45, 7) is 4.64. The van der Waals surface area contributed by atoms with Gasteiger partial charge in [-0.1, -0.05) is 0 Å². The van der Waals surface area contributed by atoms with E-state index in [9.17, 15) is 9.90 Å². The molecule has 1 spiro atoms. The predicted octanol–water partition coefficient (Wildman–Crippen LogP) is 3.27. The summed E-state index contributed by atoms with van der Waals surface area (Å²) < 4.78 is 1.01. The summed E-state index contributed by atoms with van der Waals surface area (Å²) in [5.74, 6) is 1.30. The highest BCUT2D eigenvalue weighted by atomic mass is 79.9. The summed E-state index contributed by atoms with van der Waals surface area (Å²) >= 11 is 3.65. The van der Waals surface area contributed by atoms with Crippen molar-refractivity contribution in [2.45, 2.75) is 64.0 Å². The zero-order chi connectivity index (χ0) is 18.3. The molecular weight excluding hydrogens is 394 g/mol. The van der Waals surface area contributed by atoms with Gasteiger partial charge in [-0.15, -0.1) is 0 Å². The lowest BCUT2D eigenvalue weighted by Gasteiger charge is -2.41. The van der Waals surface area contributed by atoms with E-state index in [1.807, 2.05) is 13.1 Å². The first kappa shape index (κ1) is 18.2. The molecule has 1 atom stereocenters. The molecule has 2 saturated heterocycles. The topological polar surface area (TPSA) is 56.7 Å². The number of aromatic nitrogens is 1. The van der Waals surface area contributed by atoms with Crippen molar-refractivity contribution >= 4 is 27.7 Å². The Bertz CT molecular complexity index is 690. The van der Waals surface area contributed by atoms with Crippen LogP contribution in [-0.4, -0.2) is 52.7 Å². The maximum absolute atomic E-state index is 13.4. The van der Waals surface area contributed by atoms with Gasteiger partial charge in [-0.3, -0.25) is 4.79 Å². The number of carbonyl (C=O) groups is 1. The lowest BCUT2D eigenvalue weighted by Crippen LogP contribution is -2.50. The second-order valence-electron chi connectivity index (χ2n) is 8.33. The number of aliphatic hydroxyl groups is 1. The summed E-state index contributed by atoms with van der Waals surface area (Å²) in [6.07, 6.45) is 8.23. The highest BCUT2D eigenvalue weighted by molar-refractivity contribution is 9.10. The Kier molecular flexibility index (Phi) is 4.99. The molecule has 4 rings (SSSR count). The van der Waals surface area contributed by atoms with Crippen LogP contribution in [0.2, 0.25) is 0 Å². The molecule has 6 heteroatoms. The number of hydrogen-bond donors (Lipinski definition) is 1. The Morgan fingerprint density at radius 2 is 2.00 bits per heavy atom. The third kappa shape index (κ3) is 3.26. The molecule has 0 bridgehead atoms. The Labute approximate surface area is 163 Å². The van der Waals surface area contributed by atoms with Crippen molar-refractivity contribution in [2.24, 2.45) is 5.41 Å². The van der Waals surface area contributed by atoms with Gasteiger partial charge in [0.2, 0.25) is 5.91 Å². The van der Waals surface area contributed by atoms with Gasteiger partial charge in [0.05, 0.1) is 16.0 Å². The zero-order valence-corrected chi connectivity index (χ0v) is 17.0. The largest absolute Gasteiger partial charge is 0.393 e. The third-order valence-corrected chi connectivity index (χ3v) is 7.07. The van der Waals surface area contributed by atoms with E-state index in [0.717, 1.165) is 80.4 Å². The molecule has 142 valence electrons. The minimum atomic E-state index is -0.250. The van der Waals surface area contributed by atoms with Crippen LogP contribution in [0, 0.1) is 12.3 Å². The molecule has 1 aromatic rings. The Morgan fingerprint density at radius 3 is 2.73 bits per heavy atom. The molecule has 2 aliphatic heterocycles. The summed E-state index contributed by atoms with van der Waals surface area (Å²) in [7, 11) is 0. The van der Waals surface area contributed by atoms with Crippen molar-refractivity contribution in [3.05, 3.63) is 22.3 Å². The van der Waals surface area contributed by atoms with Crippen LogP contribution in [-0.2, 0) is 4.79 Å². The van der Waals surface area contributed by atoms with E-state index >= 15 is 0 Å². The molecular formula is C20H28BrN3O2. The molecule has 5 nitrogen and oxygen atoms in total. The standard InChI is InChI=1S/C20H28BrN3O2/c1-14-11-17(21)18(22-12-14)23-9-2-7-20(13-23)8-10-24(19(20)26)15-3-5-16(25)6-4-15/h11-12,15-16,25H,2-10,13H2,1H3/t15-,16-,20?. The van der Waals surface area contributed by atoms with E-state index in [1.165, 1.54) is 0 Å². The lowest BCUT2D eigenvalue weighted by atomic mass is 9.78. The van der Waals surface area contributed by atoms with E-state index in [-0.39, 0.29) is 11.5 Å². The van der Waals surface area contributed by atoms with Crippen molar-refractivity contribution in [1.82, 2.24) is 9.88 Å². The van der Waals surface area contributed by atoms with Crippen LogP contribution in [0.3, 0.4) is 0 Å². The minimum Gasteiger partial charge on any atom is -0.393 e. The van der Waals surface area contributed by atoms with Gasteiger partial charge in [-0.05, 0) is 79.4 Å². The minimum absolute atomic E-state index is 0.173. The number of halogens is 1. The fourth-order valence-electron chi connectivity index (χ4n) is 5.02. The summed E-state index contributed by atoms with van der Waals surface area (Å²) in [4.78, 5) is 22.4. The molecule has 0 radical (unpaired) electrons. The van der Waals surface area contributed by atoms with Crippen LogP contribution in [0.1, 0.15) is 50.5 Å². The number of aryl methyl sites for hydroxylation is 1. The molecule has 3 fully saturated rings. The molecule has 0 aromatic carbocycles. The van der Waals surface area contributed by atoms with E-state index in [4.69, 9.17) is 0 Å². The monoisotopic (exact) mass is 421 g/mol. The summed E-state index contributed by atoms with van der Waals surface area (Å²) in [6, 6.07) is 2.42. The first-order valence-electron chi connectivity index (χ1n) is 9.85. The van der Waals surface area contributed by atoms with Gasteiger partial charge in [0.25, 0.3) is 0 Å². The quantitative estimate of drug-likeness (QED) is 0.795. The number of nitrogens with zero attached hydrogens (tertiary/aromatic N) is 3. The Balaban J connectivity index is 1.50. The molecule has 3 heterocycles. The average molecular weight is 422 g/mol. The first-order valence-corrected chi connectivity index (χ1v) is 10.6. The SMILES string of the molecule is Cc1cnc(N2CCCC3(CCN([C@H]4CC[C@H](O)CC4)C3=O)C2)c(Br)c1. The van der Waals surface area contributed by atoms with Crippen molar-refractivity contribution in [1.29, 1.82) is 0 Å². The highest BCUT2D eigenvalue weighted by Crippen LogP contribution is 2.44. The molecule has 1 aromatic heterocycles. The van der Waals surface area contributed by atoms with Crippen molar-refractivity contribution in [3.8, 4) is 0 Å². The molecule has 3 aliphatic rings. The number of aliphatic hydroxyl groups excluding tert-OH is 1. The third-order valence-electron chi connectivity index (χ3n) is 6.49. The number of rotatable bonds is 2. The summed E-state index contributed by atoms with van der Waals surface area (Å²) in [5.41, 5.74) is 0.885. The van der Waals surface area contributed by atoms with Gasteiger partial charge in [-0.25, -0.2) is 4.98 Å². The molecule has 1 amide bonds. The number of amides is 1.